The van der Waals surface area contributed by atoms with Gasteiger partial charge in [-0.15, -0.1) is 12.4 Å². The van der Waals surface area contributed by atoms with Crippen molar-refractivity contribution in [2.45, 2.75) is 26.3 Å². The highest BCUT2D eigenvalue weighted by Gasteiger charge is 2.14. The van der Waals surface area contributed by atoms with E-state index in [0.717, 1.165) is 12.0 Å². The Hall–Kier alpha value is -0.310. The molecular formula is C11H16Cl2FN. The largest absolute Gasteiger partial charge is 0.324 e. The maximum Gasteiger partial charge on any atom is 0.125 e. The molecule has 1 aromatic rings. The summed E-state index contributed by atoms with van der Waals surface area (Å²) in [5.74, 6) is -0.000815. The van der Waals surface area contributed by atoms with Crippen molar-refractivity contribution in [1.82, 2.24) is 0 Å². The first kappa shape index (κ1) is 14.7. The standard InChI is InChI=1S/C11H15ClFN.ClH/c1-3-7(2)11(14)8-4-9(12)6-10(13)5-8;/h4-7,11H,3,14H2,1-2H3;1H/t7?,11-;/m0./s1. The normalized spacial score (nSPS) is 14.2. The van der Waals surface area contributed by atoms with Crippen molar-refractivity contribution in [3.8, 4) is 0 Å². The molecule has 0 bridgehead atoms. The van der Waals surface area contributed by atoms with E-state index in [-0.39, 0.29) is 24.3 Å². The third kappa shape index (κ3) is 3.98. The van der Waals surface area contributed by atoms with Crippen molar-refractivity contribution in [3.05, 3.63) is 34.6 Å². The van der Waals surface area contributed by atoms with Crippen molar-refractivity contribution in [3.63, 3.8) is 0 Å². The minimum Gasteiger partial charge on any atom is -0.324 e. The van der Waals surface area contributed by atoms with Crippen LogP contribution < -0.4 is 5.73 Å². The van der Waals surface area contributed by atoms with Gasteiger partial charge in [-0.25, -0.2) is 4.39 Å². The van der Waals surface area contributed by atoms with Crippen LogP contribution in [0.4, 0.5) is 4.39 Å². The lowest BCUT2D eigenvalue weighted by atomic mass is 9.93. The molecule has 1 rings (SSSR count). The van der Waals surface area contributed by atoms with Gasteiger partial charge in [0.1, 0.15) is 5.82 Å². The van der Waals surface area contributed by atoms with Gasteiger partial charge < -0.3 is 5.73 Å². The minimum atomic E-state index is -0.328. The first-order valence-corrected chi connectivity index (χ1v) is 5.14. The third-order valence-electron chi connectivity index (χ3n) is 2.53. The topological polar surface area (TPSA) is 26.0 Å². The lowest BCUT2D eigenvalue weighted by molar-refractivity contribution is 0.455. The molecule has 86 valence electrons. The predicted octanol–water partition coefficient (Wildman–Crippen LogP) is 3.95. The third-order valence-corrected chi connectivity index (χ3v) is 2.75. The van der Waals surface area contributed by atoms with Gasteiger partial charge in [-0.05, 0) is 29.7 Å². The van der Waals surface area contributed by atoms with Gasteiger partial charge in [-0.3, -0.25) is 0 Å². The van der Waals surface area contributed by atoms with Crippen LogP contribution in [0.25, 0.3) is 0 Å². The smallest absolute Gasteiger partial charge is 0.125 e. The van der Waals surface area contributed by atoms with Crippen molar-refractivity contribution in [1.29, 1.82) is 0 Å². The van der Waals surface area contributed by atoms with Crippen molar-refractivity contribution in [2.75, 3.05) is 0 Å². The van der Waals surface area contributed by atoms with Crippen LogP contribution in [0.1, 0.15) is 31.9 Å². The van der Waals surface area contributed by atoms with E-state index in [1.54, 1.807) is 6.07 Å². The molecule has 1 aromatic carbocycles. The molecule has 0 amide bonds. The molecule has 0 saturated heterocycles. The Labute approximate surface area is 101 Å². The molecule has 1 unspecified atom stereocenters. The SMILES string of the molecule is CCC(C)[C@H](N)c1cc(F)cc(Cl)c1.Cl. The summed E-state index contributed by atoms with van der Waals surface area (Å²) in [5, 5.41) is 0.402. The zero-order valence-electron chi connectivity index (χ0n) is 8.84. The molecule has 4 heteroatoms. The number of hydrogen-bond donors (Lipinski definition) is 1. The van der Waals surface area contributed by atoms with Crippen LogP contribution in [0.2, 0.25) is 5.02 Å². The Bertz CT molecular complexity index is 297. The van der Waals surface area contributed by atoms with E-state index in [2.05, 4.69) is 6.92 Å². The quantitative estimate of drug-likeness (QED) is 0.866. The van der Waals surface area contributed by atoms with Crippen LogP contribution in [0.3, 0.4) is 0 Å². The maximum absolute atomic E-state index is 13.0. The fourth-order valence-corrected chi connectivity index (χ4v) is 1.58. The summed E-state index contributed by atoms with van der Waals surface area (Å²) >= 11 is 5.75. The van der Waals surface area contributed by atoms with Gasteiger partial charge in [0.25, 0.3) is 0 Å². The minimum absolute atomic E-state index is 0. The van der Waals surface area contributed by atoms with Gasteiger partial charge in [0.05, 0.1) is 0 Å². The summed E-state index contributed by atoms with van der Waals surface area (Å²) in [6.45, 7) is 4.11. The van der Waals surface area contributed by atoms with Gasteiger partial charge in [0.2, 0.25) is 0 Å². The summed E-state index contributed by atoms with van der Waals surface area (Å²) in [6.07, 6.45) is 0.968. The fourth-order valence-electron chi connectivity index (χ4n) is 1.35. The van der Waals surface area contributed by atoms with E-state index in [1.807, 2.05) is 6.92 Å². The van der Waals surface area contributed by atoms with Gasteiger partial charge in [-0.1, -0.05) is 31.9 Å². The Morgan fingerprint density at radius 3 is 2.47 bits per heavy atom. The van der Waals surface area contributed by atoms with Crippen LogP contribution in [-0.2, 0) is 0 Å². The number of rotatable bonds is 3. The first-order chi connectivity index (χ1) is 6.54. The second kappa shape index (κ2) is 6.31. The molecule has 0 spiro atoms. The molecule has 2 N–H and O–H groups in total. The highest BCUT2D eigenvalue weighted by molar-refractivity contribution is 6.30. The molecule has 1 nitrogen and oxygen atoms in total. The van der Waals surface area contributed by atoms with Crippen LogP contribution in [-0.4, -0.2) is 0 Å². The molecule has 0 heterocycles. The van der Waals surface area contributed by atoms with Gasteiger partial charge in [0, 0.05) is 11.1 Å². The second-order valence-electron chi connectivity index (χ2n) is 3.61. The van der Waals surface area contributed by atoms with Crippen LogP contribution in [0.15, 0.2) is 18.2 Å². The molecule has 0 aliphatic heterocycles. The highest BCUT2D eigenvalue weighted by Crippen LogP contribution is 2.25. The zero-order chi connectivity index (χ0) is 10.7. The van der Waals surface area contributed by atoms with Crippen LogP contribution >= 0.6 is 24.0 Å². The average Bonchev–Trinajstić information content (AvgIpc) is 2.14. The predicted molar refractivity (Wildman–Crippen MR) is 65.0 cm³/mol. The molecule has 0 saturated carbocycles. The van der Waals surface area contributed by atoms with Crippen molar-refractivity contribution in [2.24, 2.45) is 11.7 Å². The summed E-state index contributed by atoms with van der Waals surface area (Å²) in [5.41, 5.74) is 6.73. The lowest BCUT2D eigenvalue weighted by Gasteiger charge is -2.18. The number of benzene rings is 1. The Kier molecular flexibility index (Phi) is 6.18. The molecule has 0 aliphatic rings. The van der Waals surface area contributed by atoms with E-state index in [4.69, 9.17) is 17.3 Å². The van der Waals surface area contributed by atoms with E-state index >= 15 is 0 Å². The summed E-state index contributed by atoms with van der Waals surface area (Å²) in [6, 6.07) is 4.31. The average molecular weight is 252 g/mol. The summed E-state index contributed by atoms with van der Waals surface area (Å²) < 4.78 is 13.0. The van der Waals surface area contributed by atoms with Crippen molar-refractivity contribution >= 4 is 24.0 Å². The molecular weight excluding hydrogens is 236 g/mol. The van der Waals surface area contributed by atoms with Crippen molar-refractivity contribution < 1.29 is 4.39 Å². The van der Waals surface area contributed by atoms with Gasteiger partial charge in [0.15, 0.2) is 0 Å². The monoisotopic (exact) mass is 251 g/mol. The van der Waals surface area contributed by atoms with E-state index in [0.29, 0.717) is 10.9 Å². The lowest BCUT2D eigenvalue weighted by Crippen LogP contribution is -2.18. The van der Waals surface area contributed by atoms with E-state index in [9.17, 15) is 4.39 Å². The van der Waals surface area contributed by atoms with Gasteiger partial charge >= 0.3 is 0 Å². The van der Waals surface area contributed by atoms with Crippen LogP contribution in [0, 0.1) is 11.7 Å². The Morgan fingerprint density at radius 2 is 2.00 bits per heavy atom. The highest BCUT2D eigenvalue weighted by atomic mass is 35.5. The molecule has 2 atom stereocenters. The summed E-state index contributed by atoms with van der Waals surface area (Å²) in [7, 11) is 0. The molecule has 0 fully saturated rings. The van der Waals surface area contributed by atoms with E-state index in [1.165, 1.54) is 12.1 Å². The molecule has 15 heavy (non-hydrogen) atoms. The molecule has 0 aliphatic carbocycles. The Balaban J connectivity index is 0.00000196. The number of hydrogen-bond acceptors (Lipinski definition) is 1. The summed E-state index contributed by atoms with van der Waals surface area (Å²) in [4.78, 5) is 0. The van der Waals surface area contributed by atoms with Crippen LogP contribution in [0.5, 0.6) is 0 Å². The van der Waals surface area contributed by atoms with E-state index < -0.39 is 0 Å². The second-order valence-corrected chi connectivity index (χ2v) is 4.05. The number of halogens is 3. The van der Waals surface area contributed by atoms with Gasteiger partial charge in [-0.2, -0.15) is 0 Å². The zero-order valence-corrected chi connectivity index (χ0v) is 10.4. The first-order valence-electron chi connectivity index (χ1n) is 4.76. The molecule has 0 aromatic heterocycles. The molecule has 0 radical (unpaired) electrons. The Morgan fingerprint density at radius 1 is 1.40 bits per heavy atom. The maximum atomic E-state index is 13.0. The number of nitrogens with two attached hydrogens (primary N) is 1. The fraction of sp³-hybridized carbons (Fsp3) is 0.455.